The number of nitrogens with zero attached hydrogens (tertiary/aromatic N) is 1. The van der Waals surface area contributed by atoms with Crippen molar-refractivity contribution in [2.75, 3.05) is 31.7 Å². The lowest BCUT2D eigenvalue weighted by molar-refractivity contribution is -0.116. The van der Waals surface area contributed by atoms with E-state index in [1.54, 1.807) is 14.0 Å². The van der Waals surface area contributed by atoms with Gasteiger partial charge in [-0.1, -0.05) is 12.1 Å². The quantitative estimate of drug-likeness (QED) is 0.805. The van der Waals surface area contributed by atoms with Gasteiger partial charge in [0.2, 0.25) is 5.91 Å². The molecule has 4 heteroatoms. The largest absolute Gasteiger partial charge is 0.383 e. The third-order valence-electron chi connectivity index (χ3n) is 3.76. The highest BCUT2D eigenvalue weighted by molar-refractivity contribution is 5.93. The van der Waals surface area contributed by atoms with Crippen LogP contribution in [-0.4, -0.2) is 38.8 Å². The maximum Gasteiger partial charge on any atom is 0.223 e. The predicted molar refractivity (Wildman–Crippen MR) is 81.2 cm³/mol. The fourth-order valence-corrected chi connectivity index (χ4v) is 2.74. The normalized spacial score (nSPS) is 15.2. The van der Waals surface area contributed by atoms with E-state index in [0.717, 1.165) is 38.2 Å². The van der Waals surface area contributed by atoms with Gasteiger partial charge in [-0.25, -0.2) is 0 Å². The Bertz CT molecular complexity index is 474. The van der Waals surface area contributed by atoms with Crippen molar-refractivity contribution in [2.45, 2.75) is 32.7 Å². The first-order chi connectivity index (χ1) is 9.61. The standard InChI is InChI=1S/C16H24N2O2/c1-12(17-7-9-20-3)10-14-4-5-16-15(11-14)6-8-18(16)13(2)19/h4-5,11-12,17H,6-10H2,1-3H3. The molecule has 0 spiro atoms. The van der Waals surface area contributed by atoms with E-state index in [2.05, 4.69) is 30.4 Å². The predicted octanol–water partition coefficient (Wildman–Crippen LogP) is 1.76. The lowest BCUT2D eigenvalue weighted by Gasteiger charge is -2.16. The average Bonchev–Trinajstić information content (AvgIpc) is 2.82. The molecule has 0 aliphatic carbocycles. The molecule has 1 heterocycles. The molecular formula is C16H24N2O2. The average molecular weight is 276 g/mol. The first-order valence-corrected chi connectivity index (χ1v) is 7.24. The molecule has 4 nitrogen and oxygen atoms in total. The number of hydrogen-bond acceptors (Lipinski definition) is 3. The van der Waals surface area contributed by atoms with Gasteiger partial charge in [0, 0.05) is 38.9 Å². The summed E-state index contributed by atoms with van der Waals surface area (Å²) in [5, 5.41) is 3.44. The number of ether oxygens (including phenoxy) is 1. The molecule has 1 amide bonds. The fourth-order valence-electron chi connectivity index (χ4n) is 2.74. The first kappa shape index (κ1) is 15.0. The number of rotatable bonds is 6. The van der Waals surface area contributed by atoms with Gasteiger partial charge in [0.05, 0.1) is 6.61 Å². The Hall–Kier alpha value is -1.39. The van der Waals surface area contributed by atoms with Crippen molar-refractivity contribution >= 4 is 11.6 Å². The minimum atomic E-state index is 0.131. The molecule has 1 aliphatic rings. The highest BCUT2D eigenvalue weighted by atomic mass is 16.5. The topological polar surface area (TPSA) is 41.6 Å². The summed E-state index contributed by atoms with van der Waals surface area (Å²) >= 11 is 0. The van der Waals surface area contributed by atoms with Gasteiger partial charge < -0.3 is 15.0 Å². The van der Waals surface area contributed by atoms with Gasteiger partial charge in [-0.15, -0.1) is 0 Å². The van der Waals surface area contributed by atoms with Gasteiger partial charge in [-0.05, 0) is 37.0 Å². The van der Waals surface area contributed by atoms with Gasteiger partial charge in [-0.2, -0.15) is 0 Å². The van der Waals surface area contributed by atoms with Crippen LogP contribution in [0.15, 0.2) is 18.2 Å². The number of benzene rings is 1. The van der Waals surface area contributed by atoms with E-state index in [9.17, 15) is 4.79 Å². The molecule has 1 unspecified atom stereocenters. The van der Waals surface area contributed by atoms with Crippen LogP contribution in [0.25, 0.3) is 0 Å². The molecule has 0 fully saturated rings. The summed E-state index contributed by atoms with van der Waals surface area (Å²) in [6.07, 6.45) is 1.96. The van der Waals surface area contributed by atoms with E-state index in [4.69, 9.17) is 4.74 Å². The summed E-state index contributed by atoms with van der Waals surface area (Å²) in [6.45, 7) is 6.24. The Kier molecular flexibility index (Phi) is 5.15. The summed E-state index contributed by atoms with van der Waals surface area (Å²) in [6, 6.07) is 6.89. The van der Waals surface area contributed by atoms with Crippen LogP contribution in [0.4, 0.5) is 5.69 Å². The number of carbonyl (C=O) groups excluding carboxylic acids is 1. The zero-order valence-electron chi connectivity index (χ0n) is 12.6. The van der Waals surface area contributed by atoms with Gasteiger partial charge in [0.15, 0.2) is 0 Å². The van der Waals surface area contributed by atoms with E-state index in [1.165, 1.54) is 11.1 Å². The summed E-state index contributed by atoms with van der Waals surface area (Å²) < 4.78 is 5.04. The second kappa shape index (κ2) is 6.86. The molecular weight excluding hydrogens is 252 g/mol. The summed E-state index contributed by atoms with van der Waals surface area (Å²) in [7, 11) is 1.72. The number of methoxy groups -OCH3 is 1. The molecule has 1 aliphatic heterocycles. The number of nitrogens with one attached hydrogen (secondary N) is 1. The van der Waals surface area contributed by atoms with Crippen LogP contribution in [0.5, 0.6) is 0 Å². The molecule has 20 heavy (non-hydrogen) atoms. The number of amides is 1. The van der Waals surface area contributed by atoms with Crippen LogP contribution in [0.3, 0.4) is 0 Å². The highest BCUT2D eigenvalue weighted by Crippen LogP contribution is 2.29. The second-order valence-corrected chi connectivity index (χ2v) is 5.44. The number of hydrogen-bond donors (Lipinski definition) is 1. The van der Waals surface area contributed by atoms with Crippen molar-refractivity contribution in [3.8, 4) is 0 Å². The summed E-state index contributed by atoms with van der Waals surface area (Å²) in [4.78, 5) is 13.4. The Morgan fingerprint density at radius 2 is 2.30 bits per heavy atom. The maximum atomic E-state index is 11.5. The van der Waals surface area contributed by atoms with Crippen LogP contribution < -0.4 is 10.2 Å². The smallest absolute Gasteiger partial charge is 0.223 e. The van der Waals surface area contributed by atoms with Crippen LogP contribution >= 0.6 is 0 Å². The van der Waals surface area contributed by atoms with Crippen LogP contribution in [0, 0.1) is 0 Å². The molecule has 1 aromatic carbocycles. The highest BCUT2D eigenvalue weighted by Gasteiger charge is 2.22. The number of anilines is 1. The van der Waals surface area contributed by atoms with E-state index in [-0.39, 0.29) is 5.91 Å². The Balaban J connectivity index is 1.97. The van der Waals surface area contributed by atoms with E-state index < -0.39 is 0 Å². The zero-order chi connectivity index (χ0) is 14.5. The molecule has 1 atom stereocenters. The molecule has 2 rings (SSSR count). The van der Waals surface area contributed by atoms with Gasteiger partial charge in [-0.3, -0.25) is 4.79 Å². The Labute approximate surface area is 121 Å². The van der Waals surface area contributed by atoms with Crippen molar-refractivity contribution in [3.05, 3.63) is 29.3 Å². The monoisotopic (exact) mass is 276 g/mol. The van der Waals surface area contributed by atoms with Gasteiger partial charge in [0.1, 0.15) is 0 Å². The third kappa shape index (κ3) is 3.58. The molecule has 1 aromatic rings. The van der Waals surface area contributed by atoms with Crippen LogP contribution in [0.1, 0.15) is 25.0 Å². The zero-order valence-corrected chi connectivity index (χ0v) is 12.6. The minimum Gasteiger partial charge on any atom is -0.383 e. The number of carbonyl (C=O) groups is 1. The van der Waals surface area contributed by atoms with Crippen LogP contribution in [0.2, 0.25) is 0 Å². The summed E-state index contributed by atoms with van der Waals surface area (Å²) in [5.74, 6) is 0.131. The third-order valence-corrected chi connectivity index (χ3v) is 3.76. The van der Waals surface area contributed by atoms with E-state index in [1.807, 2.05) is 4.90 Å². The molecule has 1 N–H and O–H groups in total. The van der Waals surface area contributed by atoms with E-state index >= 15 is 0 Å². The lowest BCUT2D eigenvalue weighted by atomic mass is 10.0. The molecule has 0 aromatic heterocycles. The molecule has 0 bridgehead atoms. The van der Waals surface area contributed by atoms with Crippen molar-refractivity contribution in [1.29, 1.82) is 0 Å². The van der Waals surface area contributed by atoms with Crippen molar-refractivity contribution < 1.29 is 9.53 Å². The van der Waals surface area contributed by atoms with Crippen molar-refractivity contribution in [3.63, 3.8) is 0 Å². The second-order valence-electron chi connectivity index (χ2n) is 5.44. The van der Waals surface area contributed by atoms with Crippen molar-refractivity contribution in [1.82, 2.24) is 5.32 Å². The lowest BCUT2D eigenvalue weighted by Crippen LogP contribution is -2.31. The first-order valence-electron chi connectivity index (χ1n) is 7.24. The Morgan fingerprint density at radius 3 is 3.00 bits per heavy atom. The van der Waals surface area contributed by atoms with Gasteiger partial charge >= 0.3 is 0 Å². The SMILES string of the molecule is COCCNC(C)Cc1ccc2c(c1)CCN2C(C)=O. The molecule has 0 saturated heterocycles. The minimum absolute atomic E-state index is 0.131. The van der Waals surface area contributed by atoms with Crippen molar-refractivity contribution in [2.24, 2.45) is 0 Å². The Morgan fingerprint density at radius 1 is 1.50 bits per heavy atom. The van der Waals surface area contributed by atoms with E-state index in [0.29, 0.717) is 6.04 Å². The van der Waals surface area contributed by atoms with Gasteiger partial charge in [0.25, 0.3) is 0 Å². The molecule has 0 saturated carbocycles. The summed E-state index contributed by atoms with van der Waals surface area (Å²) in [5.41, 5.74) is 3.70. The number of fused-ring (bicyclic) bond motifs is 1. The molecule has 0 radical (unpaired) electrons. The van der Waals surface area contributed by atoms with Crippen LogP contribution in [-0.2, 0) is 22.4 Å². The fraction of sp³-hybridized carbons (Fsp3) is 0.562. The maximum absolute atomic E-state index is 11.5. The molecule has 110 valence electrons.